The highest BCUT2D eigenvalue weighted by Gasteiger charge is 2.22. The minimum atomic E-state index is -3.64. The molecule has 6 nitrogen and oxygen atoms in total. The number of rotatable bonds is 4. The summed E-state index contributed by atoms with van der Waals surface area (Å²) < 4.78 is 25.3. The van der Waals surface area contributed by atoms with Gasteiger partial charge in [-0.2, -0.15) is 0 Å². The van der Waals surface area contributed by atoms with Crippen molar-refractivity contribution in [1.29, 1.82) is 0 Å². The van der Waals surface area contributed by atoms with E-state index in [0.29, 0.717) is 5.82 Å². The fourth-order valence-electron chi connectivity index (χ4n) is 3.68. The molecule has 2 heterocycles. The van der Waals surface area contributed by atoms with Crippen molar-refractivity contribution in [3.63, 3.8) is 0 Å². The number of sulfone groups is 1. The molecule has 0 bridgehead atoms. The zero-order valence-electron chi connectivity index (χ0n) is 16.6. The van der Waals surface area contributed by atoms with Crippen molar-refractivity contribution in [2.24, 2.45) is 0 Å². The minimum Gasteiger partial charge on any atom is -0.368 e. The molecule has 0 radical (unpaired) electrons. The molecule has 1 saturated heterocycles. The Hall–Kier alpha value is -2.93. The van der Waals surface area contributed by atoms with Crippen LogP contribution in [0.2, 0.25) is 0 Å². The highest BCUT2D eigenvalue weighted by molar-refractivity contribution is 7.91. The first-order valence-corrected chi connectivity index (χ1v) is 11.1. The maximum absolute atomic E-state index is 12.7. The number of aromatic nitrogens is 2. The molecule has 4 rings (SSSR count). The Morgan fingerprint density at radius 2 is 1.48 bits per heavy atom. The van der Waals surface area contributed by atoms with Crippen LogP contribution in [0, 0.1) is 13.8 Å². The predicted octanol–water partition coefficient (Wildman–Crippen LogP) is 3.25. The van der Waals surface area contributed by atoms with Gasteiger partial charge in [0.2, 0.25) is 9.84 Å². The van der Waals surface area contributed by atoms with Crippen molar-refractivity contribution >= 4 is 21.3 Å². The number of anilines is 2. The topological polar surface area (TPSA) is 66.4 Å². The summed E-state index contributed by atoms with van der Waals surface area (Å²) in [4.78, 5) is 4.75. The number of hydrogen-bond acceptors (Lipinski definition) is 6. The van der Waals surface area contributed by atoms with E-state index in [1.807, 2.05) is 0 Å². The zero-order chi connectivity index (χ0) is 20.4. The van der Waals surface area contributed by atoms with Crippen LogP contribution in [0.15, 0.2) is 70.6 Å². The number of nitrogens with zero attached hydrogens (tertiary/aromatic N) is 4. The molecule has 0 spiro atoms. The molecule has 0 amide bonds. The Labute approximate surface area is 171 Å². The standard InChI is InChI=1S/C22H24N4O2S/c1-17-8-9-20(18(2)16-17)25-12-14-26(15-13-25)21-10-11-22(24-23-21)29(27,28)19-6-4-3-5-7-19/h3-11,16H,12-15H2,1-2H3. The summed E-state index contributed by atoms with van der Waals surface area (Å²) >= 11 is 0. The summed E-state index contributed by atoms with van der Waals surface area (Å²) in [7, 11) is -3.64. The molecular weight excluding hydrogens is 384 g/mol. The second-order valence-corrected chi connectivity index (χ2v) is 9.21. The highest BCUT2D eigenvalue weighted by atomic mass is 32.2. The summed E-state index contributed by atoms with van der Waals surface area (Å²) in [5.41, 5.74) is 3.82. The van der Waals surface area contributed by atoms with Gasteiger partial charge < -0.3 is 9.80 Å². The molecule has 3 aromatic rings. The first kappa shape index (κ1) is 19.4. The molecule has 1 aliphatic heterocycles. The lowest BCUT2D eigenvalue weighted by molar-refractivity contribution is 0.589. The third kappa shape index (κ3) is 3.96. The van der Waals surface area contributed by atoms with E-state index in [2.05, 4.69) is 52.0 Å². The van der Waals surface area contributed by atoms with Crippen molar-refractivity contribution in [3.05, 3.63) is 71.8 Å². The molecule has 0 saturated carbocycles. The van der Waals surface area contributed by atoms with Gasteiger partial charge in [0.15, 0.2) is 10.8 Å². The van der Waals surface area contributed by atoms with E-state index in [-0.39, 0.29) is 9.92 Å². The number of piperazine rings is 1. The lowest BCUT2D eigenvalue weighted by atomic mass is 10.1. The smallest absolute Gasteiger partial charge is 0.225 e. The molecule has 0 atom stereocenters. The summed E-state index contributed by atoms with van der Waals surface area (Å²) in [6, 6.07) is 18.1. The van der Waals surface area contributed by atoms with Crippen LogP contribution < -0.4 is 9.80 Å². The molecule has 1 aromatic heterocycles. The molecule has 1 fully saturated rings. The van der Waals surface area contributed by atoms with Gasteiger partial charge in [0.1, 0.15) is 0 Å². The zero-order valence-corrected chi connectivity index (χ0v) is 17.4. The van der Waals surface area contributed by atoms with E-state index in [1.54, 1.807) is 42.5 Å². The van der Waals surface area contributed by atoms with E-state index < -0.39 is 9.84 Å². The van der Waals surface area contributed by atoms with Crippen LogP contribution in [0.1, 0.15) is 11.1 Å². The van der Waals surface area contributed by atoms with Crippen LogP contribution >= 0.6 is 0 Å². The SMILES string of the molecule is Cc1ccc(N2CCN(c3ccc(S(=O)(=O)c4ccccc4)nn3)CC2)c(C)c1. The first-order valence-electron chi connectivity index (χ1n) is 9.66. The Morgan fingerprint density at radius 1 is 0.793 bits per heavy atom. The molecule has 29 heavy (non-hydrogen) atoms. The molecule has 2 aromatic carbocycles. The monoisotopic (exact) mass is 408 g/mol. The van der Waals surface area contributed by atoms with E-state index in [1.165, 1.54) is 16.8 Å². The molecular formula is C22H24N4O2S. The minimum absolute atomic E-state index is 0.0265. The van der Waals surface area contributed by atoms with E-state index >= 15 is 0 Å². The number of aryl methyl sites for hydroxylation is 2. The van der Waals surface area contributed by atoms with Gasteiger partial charge in [-0.3, -0.25) is 0 Å². The molecule has 150 valence electrons. The summed E-state index contributed by atoms with van der Waals surface area (Å²) in [5, 5.41) is 8.18. The molecule has 0 N–H and O–H groups in total. The Bertz CT molecular complexity index is 1090. The van der Waals surface area contributed by atoms with Gasteiger partial charge in [-0.05, 0) is 49.7 Å². The summed E-state index contributed by atoms with van der Waals surface area (Å²) in [6.07, 6.45) is 0. The van der Waals surface area contributed by atoms with Crippen molar-refractivity contribution in [2.45, 2.75) is 23.8 Å². The van der Waals surface area contributed by atoms with Gasteiger partial charge in [0, 0.05) is 31.9 Å². The lowest BCUT2D eigenvalue weighted by Crippen LogP contribution is -2.47. The van der Waals surface area contributed by atoms with Crippen LogP contribution in [0.4, 0.5) is 11.5 Å². The normalized spacial score (nSPS) is 14.8. The lowest BCUT2D eigenvalue weighted by Gasteiger charge is -2.37. The maximum Gasteiger partial charge on any atom is 0.225 e. The summed E-state index contributed by atoms with van der Waals surface area (Å²) in [6.45, 7) is 7.64. The van der Waals surface area contributed by atoms with Crippen molar-refractivity contribution in [2.75, 3.05) is 36.0 Å². The molecule has 7 heteroatoms. The second kappa shape index (κ2) is 7.83. The van der Waals surface area contributed by atoms with Crippen molar-refractivity contribution < 1.29 is 8.42 Å². The van der Waals surface area contributed by atoms with Crippen LogP contribution in [0.25, 0.3) is 0 Å². The number of benzene rings is 2. The Balaban J connectivity index is 1.46. The van der Waals surface area contributed by atoms with Crippen LogP contribution in [0.5, 0.6) is 0 Å². The van der Waals surface area contributed by atoms with Gasteiger partial charge in [-0.1, -0.05) is 35.9 Å². The van der Waals surface area contributed by atoms with Gasteiger partial charge >= 0.3 is 0 Å². The van der Waals surface area contributed by atoms with E-state index in [9.17, 15) is 8.42 Å². The van der Waals surface area contributed by atoms with Crippen LogP contribution in [0.3, 0.4) is 0 Å². The Kier molecular flexibility index (Phi) is 5.24. The van der Waals surface area contributed by atoms with Gasteiger partial charge in [-0.15, -0.1) is 10.2 Å². The maximum atomic E-state index is 12.7. The summed E-state index contributed by atoms with van der Waals surface area (Å²) in [5.74, 6) is 0.706. The second-order valence-electron chi connectivity index (χ2n) is 7.31. The average Bonchev–Trinajstić information content (AvgIpc) is 2.75. The van der Waals surface area contributed by atoms with Gasteiger partial charge in [-0.25, -0.2) is 8.42 Å². The number of hydrogen-bond donors (Lipinski definition) is 0. The average molecular weight is 409 g/mol. The quantitative estimate of drug-likeness (QED) is 0.660. The van der Waals surface area contributed by atoms with Gasteiger partial charge in [0.25, 0.3) is 0 Å². The largest absolute Gasteiger partial charge is 0.368 e. The van der Waals surface area contributed by atoms with E-state index in [0.717, 1.165) is 26.2 Å². The fourth-order valence-corrected chi connectivity index (χ4v) is 4.83. The third-order valence-corrected chi connectivity index (χ3v) is 6.91. The van der Waals surface area contributed by atoms with E-state index in [4.69, 9.17) is 0 Å². The Morgan fingerprint density at radius 3 is 2.10 bits per heavy atom. The third-order valence-electron chi connectivity index (χ3n) is 5.25. The fraction of sp³-hybridized carbons (Fsp3) is 0.273. The highest BCUT2D eigenvalue weighted by Crippen LogP contribution is 2.24. The molecule has 0 unspecified atom stereocenters. The van der Waals surface area contributed by atoms with Crippen molar-refractivity contribution in [1.82, 2.24) is 10.2 Å². The molecule has 1 aliphatic rings. The van der Waals surface area contributed by atoms with Crippen LogP contribution in [-0.2, 0) is 9.84 Å². The first-order chi connectivity index (χ1) is 13.9. The molecule has 0 aliphatic carbocycles. The van der Waals surface area contributed by atoms with Crippen LogP contribution in [-0.4, -0.2) is 44.8 Å². The predicted molar refractivity (Wildman–Crippen MR) is 114 cm³/mol. The van der Waals surface area contributed by atoms with Gasteiger partial charge in [0.05, 0.1) is 4.90 Å². The van der Waals surface area contributed by atoms with Crippen molar-refractivity contribution in [3.8, 4) is 0 Å².